The number of aryl methyl sites for hydroxylation is 2. The molecule has 0 fully saturated rings. The number of alkyl halides is 1. The van der Waals surface area contributed by atoms with Crippen LogP contribution in [0.2, 0.25) is 0 Å². The lowest BCUT2D eigenvalue weighted by Crippen LogP contribution is -2.02. The standard InChI is InChI=1S/C15H19BrN2O/c1-2-18-15-8-4-3-7-13(15)14(17-18)10-9-12(19)6-5-11-16/h3-4,7-8H,2,5-6,9-11H2,1H3. The first-order valence-electron chi connectivity index (χ1n) is 6.78. The van der Waals surface area contributed by atoms with E-state index < -0.39 is 0 Å². The summed E-state index contributed by atoms with van der Waals surface area (Å²) in [7, 11) is 0. The minimum atomic E-state index is 0.328. The molecule has 3 nitrogen and oxygen atoms in total. The predicted molar refractivity (Wildman–Crippen MR) is 81.8 cm³/mol. The van der Waals surface area contributed by atoms with Gasteiger partial charge in [0.2, 0.25) is 0 Å². The average molecular weight is 323 g/mol. The van der Waals surface area contributed by atoms with Crippen molar-refractivity contribution >= 4 is 32.6 Å². The van der Waals surface area contributed by atoms with Crippen molar-refractivity contribution < 1.29 is 4.79 Å². The van der Waals surface area contributed by atoms with Crippen molar-refractivity contribution in [3.05, 3.63) is 30.0 Å². The summed E-state index contributed by atoms with van der Waals surface area (Å²) in [4.78, 5) is 11.7. The van der Waals surface area contributed by atoms with Crippen LogP contribution in [0.3, 0.4) is 0 Å². The van der Waals surface area contributed by atoms with Crippen molar-refractivity contribution in [2.24, 2.45) is 0 Å². The van der Waals surface area contributed by atoms with Gasteiger partial charge in [-0.3, -0.25) is 9.48 Å². The topological polar surface area (TPSA) is 34.9 Å². The lowest BCUT2D eigenvalue weighted by molar-refractivity contribution is -0.119. The van der Waals surface area contributed by atoms with E-state index in [-0.39, 0.29) is 0 Å². The molecule has 0 spiro atoms. The molecule has 0 atom stereocenters. The fourth-order valence-corrected chi connectivity index (χ4v) is 2.55. The van der Waals surface area contributed by atoms with E-state index in [2.05, 4.69) is 40.1 Å². The first kappa shape index (κ1) is 14.3. The molecule has 19 heavy (non-hydrogen) atoms. The fourth-order valence-electron chi connectivity index (χ4n) is 2.27. The largest absolute Gasteiger partial charge is 0.300 e. The quantitative estimate of drug-likeness (QED) is 0.728. The van der Waals surface area contributed by atoms with Crippen LogP contribution in [0.4, 0.5) is 0 Å². The SMILES string of the molecule is CCn1nc(CCC(=O)CCCBr)c2ccccc21. The van der Waals surface area contributed by atoms with E-state index in [1.165, 1.54) is 5.39 Å². The van der Waals surface area contributed by atoms with Gasteiger partial charge in [-0.2, -0.15) is 5.10 Å². The van der Waals surface area contributed by atoms with Crippen molar-refractivity contribution in [1.29, 1.82) is 0 Å². The Balaban J connectivity index is 2.10. The van der Waals surface area contributed by atoms with Gasteiger partial charge in [-0.1, -0.05) is 34.1 Å². The van der Waals surface area contributed by atoms with Crippen LogP contribution in [0.1, 0.15) is 31.9 Å². The number of halogens is 1. The Hall–Kier alpha value is -1.16. The van der Waals surface area contributed by atoms with Crippen LogP contribution in [-0.2, 0) is 17.8 Å². The third-order valence-electron chi connectivity index (χ3n) is 3.26. The number of nitrogens with zero attached hydrogens (tertiary/aromatic N) is 2. The smallest absolute Gasteiger partial charge is 0.133 e. The number of fused-ring (bicyclic) bond motifs is 1. The van der Waals surface area contributed by atoms with Gasteiger partial charge in [-0.05, 0) is 25.8 Å². The molecule has 1 aromatic heterocycles. The van der Waals surface area contributed by atoms with Crippen LogP contribution in [0.15, 0.2) is 24.3 Å². The van der Waals surface area contributed by atoms with E-state index in [9.17, 15) is 4.79 Å². The summed E-state index contributed by atoms with van der Waals surface area (Å²) in [6.45, 7) is 2.95. The molecule has 0 bridgehead atoms. The number of benzene rings is 1. The van der Waals surface area contributed by atoms with Crippen LogP contribution in [0.5, 0.6) is 0 Å². The van der Waals surface area contributed by atoms with Crippen molar-refractivity contribution in [1.82, 2.24) is 9.78 Å². The monoisotopic (exact) mass is 322 g/mol. The van der Waals surface area contributed by atoms with Gasteiger partial charge in [0.05, 0.1) is 11.2 Å². The summed E-state index contributed by atoms with van der Waals surface area (Å²) >= 11 is 3.35. The number of ketones is 1. The molecule has 0 radical (unpaired) electrons. The van der Waals surface area contributed by atoms with E-state index in [0.29, 0.717) is 18.6 Å². The minimum absolute atomic E-state index is 0.328. The molecule has 2 aromatic rings. The van der Waals surface area contributed by atoms with Crippen molar-refractivity contribution in [2.75, 3.05) is 5.33 Å². The van der Waals surface area contributed by atoms with E-state index in [1.54, 1.807) is 0 Å². The molecule has 0 aliphatic carbocycles. The van der Waals surface area contributed by atoms with Crippen molar-refractivity contribution in [2.45, 2.75) is 39.2 Å². The van der Waals surface area contributed by atoms with E-state index in [0.717, 1.165) is 35.9 Å². The van der Waals surface area contributed by atoms with Gasteiger partial charge in [-0.25, -0.2) is 0 Å². The Morgan fingerprint density at radius 1 is 1.32 bits per heavy atom. The molecule has 0 amide bonds. The van der Waals surface area contributed by atoms with Crippen molar-refractivity contribution in [3.63, 3.8) is 0 Å². The number of hydrogen-bond acceptors (Lipinski definition) is 2. The second-order valence-electron chi connectivity index (χ2n) is 4.61. The first-order valence-corrected chi connectivity index (χ1v) is 7.90. The third-order valence-corrected chi connectivity index (χ3v) is 3.82. The molecule has 0 saturated carbocycles. The lowest BCUT2D eigenvalue weighted by Gasteiger charge is -1.98. The lowest BCUT2D eigenvalue weighted by atomic mass is 10.1. The molecule has 0 aliphatic rings. The predicted octanol–water partition coefficient (Wildman–Crippen LogP) is 3.73. The Bertz CT molecular complexity index is 562. The molecule has 0 saturated heterocycles. The van der Waals surface area contributed by atoms with E-state index in [1.807, 2.05) is 16.8 Å². The summed E-state index contributed by atoms with van der Waals surface area (Å²) < 4.78 is 2.01. The van der Waals surface area contributed by atoms with Crippen molar-refractivity contribution in [3.8, 4) is 0 Å². The highest BCUT2D eigenvalue weighted by atomic mass is 79.9. The second kappa shape index (κ2) is 6.85. The Kier molecular flexibility index (Phi) is 5.14. The summed E-state index contributed by atoms with van der Waals surface area (Å²) in [5.41, 5.74) is 2.21. The summed E-state index contributed by atoms with van der Waals surface area (Å²) in [5, 5.41) is 6.69. The Labute approximate surface area is 122 Å². The highest BCUT2D eigenvalue weighted by molar-refractivity contribution is 9.09. The number of carbonyl (C=O) groups is 1. The second-order valence-corrected chi connectivity index (χ2v) is 5.40. The van der Waals surface area contributed by atoms with Crippen LogP contribution in [0.25, 0.3) is 10.9 Å². The van der Waals surface area contributed by atoms with Gasteiger partial charge in [0.15, 0.2) is 0 Å². The number of Topliss-reactive ketones (excluding diaryl/α,β-unsaturated/α-hetero) is 1. The number of hydrogen-bond donors (Lipinski definition) is 0. The van der Waals surface area contributed by atoms with Gasteiger partial charge in [0.1, 0.15) is 5.78 Å². The zero-order valence-corrected chi connectivity index (χ0v) is 12.8. The fraction of sp³-hybridized carbons (Fsp3) is 0.467. The van der Waals surface area contributed by atoms with E-state index >= 15 is 0 Å². The minimum Gasteiger partial charge on any atom is -0.300 e. The average Bonchev–Trinajstić information content (AvgIpc) is 2.81. The molecule has 1 aromatic carbocycles. The maximum atomic E-state index is 11.7. The third kappa shape index (κ3) is 3.44. The Morgan fingerprint density at radius 2 is 2.11 bits per heavy atom. The Morgan fingerprint density at radius 3 is 2.84 bits per heavy atom. The van der Waals surface area contributed by atoms with Gasteiger partial charge >= 0.3 is 0 Å². The maximum Gasteiger partial charge on any atom is 0.133 e. The highest BCUT2D eigenvalue weighted by Crippen LogP contribution is 2.19. The van der Waals surface area contributed by atoms with Crippen LogP contribution in [-0.4, -0.2) is 20.9 Å². The highest BCUT2D eigenvalue weighted by Gasteiger charge is 2.10. The van der Waals surface area contributed by atoms with Gasteiger partial charge < -0.3 is 0 Å². The summed E-state index contributed by atoms with van der Waals surface area (Å²) in [6, 6.07) is 8.23. The molecular formula is C15H19BrN2O. The number of para-hydroxylation sites is 1. The van der Waals surface area contributed by atoms with Gasteiger partial charge in [-0.15, -0.1) is 0 Å². The summed E-state index contributed by atoms with van der Waals surface area (Å²) in [6.07, 6.45) is 2.92. The number of rotatable bonds is 7. The van der Waals surface area contributed by atoms with Gasteiger partial charge in [0, 0.05) is 30.1 Å². The molecule has 102 valence electrons. The molecule has 0 N–H and O–H groups in total. The molecule has 4 heteroatoms. The zero-order valence-electron chi connectivity index (χ0n) is 11.2. The first-order chi connectivity index (χ1) is 9.26. The van der Waals surface area contributed by atoms with Crippen LogP contribution in [0, 0.1) is 0 Å². The van der Waals surface area contributed by atoms with E-state index in [4.69, 9.17) is 0 Å². The maximum absolute atomic E-state index is 11.7. The molecule has 0 aliphatic heterocycles. The number of carbonyl (C=O) groups excluding carboxylic acids is 1. The molecular weight excluding hydrogens is 304 g/mol. The van der Waals surface area contributed by atoms with Gasteiger partial charge in [0.25, 0.3) is 0 Å². The zero-order chi connectivity index (χ0) is 13.7. The molecule has 2 rings (SSSR count). The summed E-state index contributed by atoms with van der Waals surface area (Å²) in [5.74, 6) is 0.328. The molecule has 0 unspecified atom stereocenters. The molecule has 1 heterocycles. The number of aromatic nitrogens is 2. The van der Waals surface area contributed by atoms with Crippen LogP contribution < -0.4 is 0 Å². The normalized spacial score (nSPS) is 11.1. The van der Waals surface area contributed by atoms with Crippen LogP contribution >= 0.6 is 15.9 Å².